The summed E-state index contributed by atoms with van der Waals surface area (Å²) in [4.78, 5) is 12.3. The molecule has 0 aliphatic rings. The van der Waals surface area contributed by atoms with Gasteiger partial charge < -0.3 is 10.1 Å². The lowest BCUT2D eigenvalue weighted by Gasteiger charge is -2.19. The second-order valence-electron chi connectivity index (χ2n) is 6.69. The molecule has 0 bridgehead atoms. The van der Waals surface area contributed by atoms with Crippen LogP contribution in [0.3, 0.4) is 0 Å². The minimum Gasteiger partial charge on any atom is -0.435 e. The molecule has 0 unspecified atom stereocenters. The summed E-state index contributed by atoms with van der Waals surface area (Å²) in [6.45, 7) is -2.99. The molecule has 32 heavy (non-hydrogen) atoms. The summed E-state index contributed by atoms with van der Waals surface area (Å²) < 4.78 is 70.6. The molecule has 0 aromatic heterocycles. The zero-order valence-electron chi connectivity index (χ0n) is 16.5. The molecule has 0 radical (unpaired) electrons. The summed E-state index contributed by atoms with van der Waals surface area (Å²) in [6, 6.07) is 17.3. The van der Waals surface area contributed by atoms with Crippen molar-refractivity contribution in [2.24, 2.45) is 0 Å². The number of ether oxygens (including phenoxy) is 1. The standard InChI is InChI=1S/C22H19F3N2O4S/c23-18-8-4-5-9-20(18)32(29,30)27-19(14-15-6-2-1-3-7-15)21(28)26-16-10-12-17(13-11-16)31-22(24)25/h1-13,19,22,27H,14H2,(H,26,28)/t19-/m0/s1. The molecular formula is C22H19F3N2O4S. The Morgan fingerprint density at radius 3 is 2.16 bits per heavy atom. The Kier molecular flexibility index (Phi) is 7.49. The van der Waals surface area contributed by atoms with Crippen molar-refractivity contribution in [2.75, 3.05) is 5.32 Å². The molecule has 0 heterocycles. The lowest BCUT2D eigenvalue weighted by molar-refractivity contribution is -0.117. The third kappa shape index (κ3) is 6.32. The van der Waals surface area contributed by atoms with Crippen LogP contribution < -0.4 is 14.8 Å². The number of sulfonamides is 1. The van der Waals surface area contributed by atoms with Gasteiger partial charge in [0.15, 0.2) is 0 Å². The van der Waals surface area contributed by atoms with E-state index in [0.29, 0.717) is 5.56 Å². The second-order valence-corrected chi connectivity index (χ2v) is 8.37. The van der Waals surface area contributed by atoms with Gasteiger partial charge in [-0.1, -0.05) is 42.5 Å². The van der Waals surface area contributed by atoms with Gasteiger partial charge in [0.1, 0.15) is 22.5 Å². The topological polar surface area (TPSA) is 84.5 Å². The highest BCUT2D eigenvalue weighted by atomic mass is 32.2. The van der Waals surface area contributed by atoms with E-state index in [-0.39, 0.29) is 17.9 Å². The maximum atomic E-state index is 14.1. The van der Waals surface area contributed by atoms with E-state index >= 15 is 0 Å². The van der Waals surface area contributed by atoms with Crippen LogP contribution in [0.2, 0.25) is 0 Å². The molecule has 3 aromatic carbocycles. The number of benzene rings is 3. The molecular weight excluding hydrogens is 445 g/mol. The number of nitrogens with one attached hydrogen (secondary N) is 2. The Morgan fingerprint density at radius 2 is 1.53 bits per heavy atom. The number of carbonyl (C=O) groups is 1. The van der Waals surface area contributed by atoms with Gasteiger partial charge in [-0.05, 0) is 48.4 Å². The van der Waals surface area contributed by atoms with Crippen molar-refractivity contribution in [2.45, 2.75) is 24.0 Å². The van der Waals surface area contributed by atoms with Crippen LogP contribution in [-0.4, -0.2) is 27.0 Å². The number of halogens is 3. The predicted molar refractivity (Wildman–Crippen MR) is 112 cm³/mol. The minimum atomic E-state index is -4.36. The first-order valence-electron chi connectivity index (χ1n) is 9.41. The van der Waals surface area contributed by atoms with Crippen molar-refractivity contribution >= 4 is 21.6 Å². The lowest BCUT2D eigenvalue weighted by Crippen LogP contribution is -2.45. The molecule has 0 aliphatic heterocycles. The van der Waals surface area contributed by atoms with Crippen molar-refractivity contribution in [1.29, 1.82) is 0 Å². The summed E-state index contributed by atoms with van der Waals surface area (Å²) in [5.41, 5.74) is 0.907. The summed E-state index contributed by atoms with van der Waals surface area (Å²) in [7, 11) is -4.36. The zero-order valence-corrected chi connectivity index (χ0v) is 17.4. The van der Waals surface area contributed by atoms with Gasteiger partial charge in [-0.3, -0.25) is 4.79 Å². The van der Waals surface area contributed by atoms with E-state index in [1.807, 2.05) is 0 Å². The molecule has 0 aliphatic carbocycles. The normalized spacial score (nSPS) is 12.4. The van der Waals surface area contributed by atoms with Gasteiger partial charge in [0, 0.05) is 5.69 Å². The van der Waals surface area contributed by atoms with E-state index in [0.717, 1.165) is 12.1 Å². The fourth-order valence-corrected chi connectivity index (χ4v) is 4.17. The molecule has 0 fully saturated rings. The van der Waals surface area contributed by atoms with E-state index < -0.39 is 39.3 Å². The second kappa shape index (κ2) is 10.3. The number of amides is 1. The Labute approximate surface area is 183 Å². The number of rotatable bonds is 9. The Hall–Kier alpha value is -3.37. The van der Waals surface area contributed by atoms with Crippen molar-refractivity contribution < 1.29 is 31.1 Å². The molecule has 0 spiro atoms. The lowest BCUT2D eigenvalue weighted by atomic mass is 10.1. The first-order valence-corrected chi connectivity index (χ1v) is 10.9. The van der Waals surface area contributed by atoms with Gasteiger partial charge in [-0.25, -0.2) is 12.8 Å². The van der Waals surface area contributed by atoms with Crippen LogP contribution in [0.25, 0.3) is 0 Å². The predicted octanol–water partition coefficient (Wildman–Crippen LogP) is 3.96. The number of hydrogen-bond acceptors (Lipinski definition) is 4. The minimum absolute atomic E-state index is 0.00701. The van der Waals surface area contributed by atoms with Gasteiger partial charge >= 0.3 is 6.61 Å². The average Bonchev–Trinajstić information content (AvgIpc) is 2.75. The van der Waals surface area contributed by atoms with Crippen molar-refractivity contribution in [3.63, 3.8) is 0 Å². The van der Waals surface area contributed by atoms with Gasteiger partial charge in [-0.15, -0.1) is 0 Å². The van der Waals surface area contributed by atoms with Crippen LogP contribution in [0.1, 0.15) is 5.56 Å². The molecule has 10 heteroatoms. The summed E-state index contributed by atoms with van der Waals surface area (Å²) in [5.74, 6) is -1.76. The van der Waals surface area contributed by atoms with Crippen LogP contribution >= 0.6 is 0 Å². The first kappa shape index (κ1) is 23.3. The van der Waals surface area contributed by atoms with Gasteiger partial charge in [-0.2, -0.15) is 13.5 Å². The van der Waals surface area contributed by atoms with E-state index in [1.165, 1.54) is 36.4 Å². The largest absolute Gasteiger partial charge is 0.435 e. The third-order valence-electron chi connectivity index (χ3n) is 4.37. The van der Waals surface area contributed by atoms with Crippen LogP contribution in [0.4, 0.5) is 18.9 Å². The van der Waals surface area contributed by atoms with E-state index in [4.69, 9.17) is 0 Å². The smallest absolute Gasteiger partial charge is 0.387 e. The summed E-state index contributed by atoms with van der Waals surface area (Å²) in [6.07, 6.45) is -0.00701. The highest BCUT2D eigenvalue weighted by molar-refractivity contribution is 7.89. The maximum absolute atomic E-state index is 14.1. The van der Waals surface area contributed by atoms with E-state index in [2.05, 4.69) is 14.8 Å². The van der Waals surface area contributed by atoms with Gasteiger partial charge in [0.2, 0.25) is 15.9 Å². The van der Waals surface area contributed by atoms with Crippen LogP contribution in [-0.2, 0) is 21.2 Å². The van der Waals surface area contributed by atoms with Crippen LogP contribution in [0, 0.1) is 5.82 Å². The average molecular weight is 464 g/mol. The van der Waals surface area contributed by atoms with Gasteiger partial charge in [0.05, 0.1) is 0 Å². The van der Waals surface area contributed by atoms with Crippen molar-refractivity contribution in [3.8, 4) is 5.75 Å². The van der Waals surface area contributed by atoms with E-state index in [1.54, 1.807) is 30.3 Å². The van der Waals surface area contributed by atoms with Crippen LogP contribution in [0.15, 0.2) is 83.8 Å². The molecule has 2 N–H and O–H groups in total. The number of anilines is 1. The fourth-order valence-electron chi connectivity index (χ4n) is 2.90. The number of alkyl halides is 2. The highest BCUT2D eigenvalue weighted by Crippen LogP contribution is 2.19. The van der Waals surface area contributed by atoms with E-state index in [9.17, 15) is 26.4 Å². The third-order valence-corrected chi connectivity index (χ3v) is 5.87. The molecule has 3 aromatic rings. The maximum Gasteiger partial charge on any atom is 0.387 e. The molecule has 1 atom stereocenters. The summed E-state index contributed by atoms with van der Waals surface area (Å²) in [5, 5.41) is 2.53. The van der Waals surface area contributed by atoms with Crippen molar-refractivity contribution in [1.82, 2.24) is 4.72 Å². The summed E-state index contributed by atoms with van der Waals surface area (Å²) >= 11 is 0. The first-order chi connectivity index (χ1) is 15.2. The molecule has 0 saturated carbocycles. The Balaban J connectivity index is 1.82. The van der Waals surface area contributed by atoms with Gasteiger partial charge in [0.25, 0.3) is 0 Å². The molecule has 1 amide bonds. The molecule has 168 valence electrons. The number of hydrogen-bond donors (Lipinski definition) is 2. The SMILES string of the molecule is O=C(Nc1ccc(OC(F)F)cc1)[C@H](Cc1ccccc1)NS(=O)(=O)c1ccccc1F. The Bertz CT molecular complexity index is 1160. The number of carbonyl (C=O) groups excluding carboxylic acids is 1. The molecule has 3 rings (SSSR count). The Morgan fingerprint density at radius 1 is 0.906 bits per heavy atom. The quantitative estimate of drug-likeness (QED) is 0.502. The molecule has 6 nitrogen and oxygen atoms in total. The highest BCUT2D eigenvalue weighted by Gasteiger charge is 2.28. The fraction of sp³-hybridized carbons (Fsp3) is 0.136. The zero-order chi connectivity index (χ0) is 23.1. The molecule has 0 saturated heterocycles. The van der Waals surface area contributed by atoms with Crippen molar-refractivity contribution in [3.05, 3.63) is 90.2 Å². The monoisotopic (exact) mass is 464 g/mol. The van der Waals surface area contributed by atoms with Crippen LogP contribution in [0.5, 0.6) is 5.75 Å².